The lowest BCUT2D eigenvalue weighted by molar-refractivity contribution is -0.140. The summed E-state index contributed by atoms with van der Waals surface area (Å²) in [6.07, 6.45) is 0.480. The van der Waals surface area contributed by atoms with Crippen LogP contribution in [0.5, 0.6) is 0 Å². The van der Waals surface area contributed by atoms with Crippen LogP contribution in [-0.4, -0.2) is 30.8 Å². The molecule has 2 aromatic carbocycles. The zero-order valence-corrected chi connectivity index (χ0v) is 20.0. The van der Waals surface area contributed by atoms with E-state index in [9.17, 15) is 9.59 Å². The number of anilines is 2. The van der Waals surface area contributed by atoms with Crippen molar-refractivity contribution >= 4 is 23.2 Å². The first-order valence-corrected chi connectivity index (χ1v) is 10.9. The Kier molecular flexibility index (Phi) is 8.26. The second-order valence-electron chi connectivity index (χ2n) is 9.78. The van der Waals surface area contributed by atoms with Crippen molar-refractivity contribution in [3.63, 3.8) is 0 Å². The first-order valence-electron chi connectivity index (χ1n) is 10.9. The smallest absolute Gasteiger partial charge is 0.228 e. The van der Waals surface area contributed by atoms with Crippen molar-refractivity contribution in [3.05, 3.63) is 59.7 Å². The summed E-state index contributed by atoms with van der Waals surface area (Å²) in [6, 6.07) is 16.0. The summed E-state index contributed by atoms with van der Waals surface area (Å²) in [6.45, 7) is 10.9. The Morgan fingerprint density at radius 2 is 1.61 bits per heavy atom. The molecule has 0 aliphatic rings. The van der Waals surface area contributed by atoms with Gasteiger partial charge in [-0.15, -0.1) is 0 Å². The fourth-order valence-corrected chi connectivity index (χ4v) is 3.49. The molecule has 2 aromatic rings. The van der Waals surface area contributed by atoms with E-state index in [2.05, 4.69) is 5.32 Å². The highest BCUT2D eigenvalue weighted by atomic mass is 16.2. The second-order valence-corrected chi connectivity index (χ2v) is 9.78. The van der Waals surface area contributed by atoms with Gasteiger partial charge >= 0.3 is 0 Å². The zero-order chi connectivity index (χ0) is 23.2. The number of nitrogens with one attached hydrogen (secondary N) is 1. The number of amides is 2. The SMILES string of the molecule is CC(C)CC(=O)Nc1ccc(N(C)C)c(CN(Cc2ccccc2)C(=O)C(C)(C)C)c1. The molecule has 0 spiro atoms. The van der Waals surface area contributed by atoms with Crippen molar-refractivity contribution in [2.24, 2.45) is 11.3 Å². The van der Waals surface area contributed by atoms with Gasteiger partial charge in [-0.25, -0.2) is 0 Å². The largest absolute Gasteiger partial charge is 0.377 e. The minimum absolute atomic E-state index is 0.00506. The molecule has 0 bridgehead atoms. The van der Waals surface area contributed by atoms with E-state index in [4.69, 9.17) is 0 Å². The maximum Gasteiger partial charge on any atom is 0.228 e. The predicted octanol–water partition coefficient (Wildman–Crippen LogP) is 5.31. The summed E-state index contributed by atoms with van der Waals surface area (Å²) >= 11 is 0. The third kappa shape index (κ3) is 7.42. The average molecular weight is 424 g/mol. The molecule has 0 unspecified atom stereocenters. The Balaban J connectivity index is 2.37. The van der Waals surface area contributed by atoms with Gasteiger partial charge in [-0.3, -0.25) is 9.59 Å². The Bertz CT molecular complexity index is 883. The first-order chi connectivity index (χ1) is 14.5. The number of carbonyl (C=O) groups is 2. The molecular weight excluding hydrogens is 386 g/mol. The Hall–Kier alpha value is -2.82. The molecule has 0 saturated heterocycles. The van der Waals surface area contributed by atoms with Gasteiger partial charge in [0, 0.05) is 50.4 Å². The van der Waals surface area contributed by atoms with Crippen molar-refractivity contribution in [2.45, 2.75) is 54.1 Å². The summed E-state index contributed by atoms with van der Waals surface area (Å²) in [7, 11) is 3.98. The van der Waals surface area contributed by atoms with Gasteiger partial charge in [0.2, 0.25) is 11.8 Å². The fraction of sp³-hybridized carbons (Fsp3) is 0.462. The molecule has 0 aliphatic carbocycles. The first kappa shape index (κ1) is 24.4. The Morgan fingerprint density at radius 1 is 0.968 bits per heavy atom. The molecule has 1 N–H and O–H groups in total. The Morgan fingerprint density at radius 3 is 2.16 bits per heavy atom. The lowest BCUT2D eigenvalue weighted by atomic mass is 9.94. The van der Waals surface area contributed by atoms with Crippen molar-refractivity contribution in [1.82, 2.24) is 4.90 Å². The van der Waals surface area contributed by atoms with E-state index in [0.29, 0.717) is 25.4 Å². The van der Waals surface area contributed by atoms with Crippen molar-refractivity contribution in [2.75, 3.05) is 24.3 Å². The highest BCUT2D eigenvalue weighted by molar-refractivity contribution is 5.91. The number of nitrogens with zero attached hydrogens (tertiary/aromatic N) is 2. The number of carbonyl (C=O) groups excluding carboxylic acids is 2. The molecule has 0 fully saturated rings. The van der Waals surface area contributed by atoms with Crippen LogP contribution in [0.25, 0.3) is 0 Å². The molecule has 168 valence electrons. The Labute approximate surface area is 187 Å². The number of benzene rings is 2. The van der Waals surface area contributed by atoms with Gasteiger partial charge in [0.25, 0.3) is 0 Å². The normalized spacial score (nSPS) is 11.4. The topological polar surface area (TPSA) is 52.7 Å². The summed E-state index contributed by atoms with van der Waals surface area (Å²) in [4.78, 5) is 29.5. The molecule has 5 nitrogen and oxygen atoms in total. The monoisotopic (exact) mass is 423 g/mol. The van der Waals surface area contributed by atoms with Crippen molar-refractivity contribution in [3.8, 4) is 0 Å². The lowest BCUT2D eigenvalue weighted by Crippen LogP contribution is -2.38. The van der Waals surface area contributed by atoms with E-state index in [-0.39, 0.29) is 11.8 Å². The van der Waals surface area contributed by atoms with Crippen LogP contribution in [0.4, 0.5) is 11.4 Å². The minimum Gasteiger partial charge on any atom is -0.377 e. The molecule has 0 radical (unpaired) electrons. The molecular formula is C26H37N3O2. The van der Waals surface area contributed by atoms with Crippen LogP contribution >= 0.6 is 0 Å². The molecule has 0 heterocycles. The molecule has 0 aromatic heterocycles. The highest BCUT2D eigenvalue weighted by Crippen LogP contribution is 2.28. The predicted molar refractivity (Wildman–Crippen MR) is 129 cm³/mol. The summed E-state index contributed by atoms with van der Waals surface area (Å²) in [5.74, 6) is 0.395. The quantitative estimate of drug-likeness (QED) is 0.626. The molecule has 0 aliphatic heterocycles. The van der Waals surface area contributed by atoms with Gasteiger partial charge in [0.15, 0.2) is 0 Å². The minimum atomic E-state index is -0.490. The van der Waals surface area contributed by atoms with E-state index >= 15 is 0 Å². The van der Waals surface area contributed by atoms with Gasteiger partial charge in [-0.05, 0) is 35.2 Å². The summed E-state index contributed by atoms with van der Waals surface area (Å²) in [5.41, 5.74) is 3.39. The van der Waals surface area contributed by atoms with Crippen molar-refractivity contribution in [1.29, 1.82) is 0 Å². The van der Waals surface area contributed by atoms with Gasteiger partial charge in [0.1, 0.15) is 0 Å². The van der Waals surface area contributed by atoms with Gasteiger partial charge in [-0.2, -0.15) is 0 Å². The van der Waals surface area contributed by atoms with E-state index in [0.717, 1.165) is 22.5 Å². The van der Waals surface area contributed by atoms with Crippen LogP contribution in [0.1, 0.15) is 52.2 Å². The third-order valence-electron chi connectivity index (χ3n) is 4.94. The van der Waals surface area contributed by atoms with Crippen molar-refractivity contribution < 1.29 is 9.59 Å². The lowest BCUT2D eigenvalue weighted by Gasteiger charge is -2.31. The van der Waals surface area contributed by atoms with E-state index in [1.807, 2.05) is 107 Å². The maximum absolute atomic E-state index is 13.3. The van der Waals surface area contributed by atoms with Gasteiger partial charge in [0.05, 0.1) is 0 Å². The molecule has 0 saturated carbocycles. The number of hydrogen-bond acceptors (Lipinski definition) is 3. The molecule has 5 heteroatoms. The molecule has 0 atom stereocenters. The third-order valence-corrected chi connectivity index (χ3v) is 4.94. The average Bonchev–Trinajstić information content (AvgIpc) is 2.66. The van der Waals surface area contributed by atoms with Crippen LogP contribution in [0.3, 0.4) is 0 Å². The van der Waals surface area contributed by atoms with Crippen LogP contribution in [0, 0.1) is 11.3 Å². The van der Waals surface area contributed by atoms with E-state index in [1.165, 1.54) is 0 Å². The maximum atomic E-state index is 13.3. The van der Waals surface area contributed by atoms with E-state index < -0.39 is 5.41 Å². The summed E-state index contributed by atoms with van der Waals surface area (Å²) in [5, 5.41) is 3.00. The summed E-state index contributed by atoms with van der Waals surface area (Å²) < 4.78 is 0. The van der Waals surface area contributed by atoms with Crippen LogP contribution in [-0.2, 0) is 22.7 Å². The molecule has 2 rings (SSSR count). The zero-order valence-electron chi connectivity index (χ0n) is 20.0. The van der Waals surface area contributed by atoms with Gasteiger partial charge < -0.3 is 15.1 Å². The fourth-order valence-electron chi connectivity index (χ4n) is 3.49. The standard InChI is InChI=1S/C26H37N3O2/c1-19(2)15-24(30)27-22-13-14-23(28(6)7)21(16-22)18-29(25(31)26(3,4)5)17-20-11-9-8-10-12-20/h8-14,16,19H,15,17-18H2,1-7H3,(H,27,30). The van der Waals surface area contributed by atoms with Crippen LogP contribution in [0.15, 0.2) is 48.5 Å². The van der Waals surface area contributed by atoms with Crippen LogP contribution in [0.2, 0.25) is 0 Å². The van der Waals surface area contributed by atoms with E-state index in [1.54, 1.807) is 0 Å². The van der Waals surface area contributed by atoms with Crippen LogP contribution < -0.4 is 10.2 Å². The number of rotatable bonds is 8. The number of hydrogen-bond donors (Lipinski definition) is 1. The van der Waals surface area contributed by atoms with Gasteiger partial charge in [-0.1, -0.05) is 65.0 Å². The molecule has 31 heavy (non-hydrogen) atoms. The molecule has 2 amide bonds. The highest BCUT2D eigenvalue weighted by Gasteiger charge is 2.28. The second kappa shape index (κ2) is 10.5.